The Balaban J connectivity index is 1.64. The number of hydrogen-bond donors (Lipinski definition) is 1. The van der Waals surface area contributed by atoms with E-state index in [2.05, 4.69) is 46.0 Å². The van der Waals surface area contributed by atoms with Crippen molar-refractivity contribution in [2.24, 2.45) is 0 Å². The number of anilines is 2. The molecule has 0 aliphatic carbocycles. The van der Waals surface area contributed by atoms with Crippen molar-refractivity contribution in [2.45, 2.75) is 6.42 Å². The van der Waals surface area contributed by atoms with Crippen LogP contribution in [0, 0.1) is 0 Å². The third kappa shape index (κ3) is 5.04. The van der Waals surface area contributed by atoms with Gasteiger partial charge in [-0.05, 0) is 31.6 Å². The smallest absolute Gasteiger partial charge is 0.133 e. The summed E-state index contributed by atoms with van der Waals surface area (Å²) in [5.74, 6) is 1.48. The molecule has 4 rings (SSSR count). The lowest BCUT2D eigenvalue weighted by Crippen LogP contribution is -2.29. The van der Waals surface area contributed by atoms with Gasteiger partial charge in [0.2, 0.25) is 0 Å². The molecule has 0 fully saturated rings. The Morgan fingerprint density at radius 1 is 1.00 bits per heavy atom. The normalized spacial score (nSPS) is 11.2. The summed E-state index contributed by atoms with van der Waals surface area (Å²) in [4.78, 5) is 18.0. The van der Waals surface area contributed by atoms with Crippen LogP contribution in [-0.4, -0.2) is 61.2 Å². The number of nitrogens with zero attached hydrogens (tertiary/aromatic N) is 5. The van der Waals surface area contributed by atoms with Gasteiger partial charge < -0.3 is 20.3 Å². The van der Waals surface area contributed by atoms with Crippen LogP contribution in [-0.2, 0) is 6.42 Å². The summed E-state index contributed by atoms with van der Waals surface area (Å²) in [7, 11) is 7.84. The molecule has 170 valence electrons. The highest BCUT2D eigenvalue weighted by Gasteiger charge is 2.15. The molecule has 0 bridgehead atoms. The highest BCUT2D eigenvalue weighted by atomic mass is 16.5. The van der Waals surface area contributed by atoms with Crippen molar-refractivity contribution >= 4 is 22.1 Å². The minimum atomic E-state index is 0.515. The zero-order valence-corrected chi connectivity index (χ0v) is 19.6. The monoisotopic (exact) mass is 442 g/mol. The molecule has 0 saturated carbocycles. The summed E-state index contributed by atoms with van der Waals surface area (Å²) in [5, 5.41) is 2.20. The highest BCUT2D eigenvalue weighted by Crippen LogP contribution is 2.33. The lowest BCUT2D eigenvalue weighted by molar-refractivity contribution is 0.409. The van der Waals surface area contributed by atoms with Crippen LogP contribution in [0.4, 0.5) is 11.4 Å². The number of pyridine rings is 1. The molecule has 33 heavy (non-hydrogen) atoms. The fourth-order valence-corrected chi connectivity index (χ4v) is 3.89. The highest BCUT2D eigenvalue weighted by molar-refractivity contribution is 5.94. The second kappa shape index (κ2) is 9.83. The van der Waals surface area contributed by atoms with E-state index in [0.29, 0.717) is 17.9 Å². The van der Waals surface area contributed by atoms with E-state index in [1.807, 2.05) is 49.8 Å². The zero-order valence-electron chi connectivity index (χ0n) is 19.6. The average molecular weight is 443 g/mol. The second-order valence-corrected chi connectivity index (χ2v) is 8.39. The Labute approximate surface area is 194 Å². The van der Waals surface area contributed by atoms with E-state index in [9.17, 15) is 0 Å². The van der Waals surface area contributed by atoms with Crippen molar-refractivity contribution < 1.29 is 4.74 Å². The predicted octanol–water partition coefficient (Wildman–Crippen LogP) is 3.87. The quantitative estimate of drug-likeness (QED) is 0.415. The third-order valence-electron chi connectivity index (χ3n) is 5.72. The molecule has 0 radical (unpaired) electrons. The zero-order chi connectivity index (χ0) is 23.4. The maximum Gasteiger partial charge on any atom is 0.133 e. The first-order chi connectivity index (χ1) is 16.0. The van der Waals surface area contributed by atoms with Gasteiger partial charge in [-0.25, -0.2) is 9.97 Å². The number of ether oxygens (including phenoxy) is 1. The van der Waals surface area contributed by atoms with E-state index in [0.717, 1.165) is 52.1 Å². The number of rotatable bonds is 8. The Morgan fingerprint density at radius 2 is 1.82 bits per heavy atom. The summed E-state index contributed by atoms with van der Waals surface area (Å²) in [5.41, 5.74) is 10.9. The first-order valence-corrected chi connectivity index (χ1v) is 10.9. The van der Waals surface area contributed by atoms with Crippen molar-refractivity contribution in [1.82, 2.24) is 19.9 Å². The van der Waals surface area contributed by atoms with Gasteiger partial charge in [-0.3, -0.25) is 4.98 Å². The molecule has 2 aromatic carbocycles. The molecule has 0 unspecified atom stereocenters. The van der Waals surface area contributed by atoms with Gasteiger partial charge in [0.1, 0.15) is 11.6 Å². The van der Waals surface area contributed by atoms with Crippen LogP contribution in [0.3, 0.4) is 0 Å². The number of nitrogen functional groups attached to an aromatic ring is 1. The molecule has 2 heterocycles. The number of hydrogen-bond acceptors (Lipinski definition) is 7. The van der Waals surface area contributed by atoms with Gasteiger partial charge >= 0.3 is 0 Å². The van der Waals surface area contributed by atoms with E-state index < -0.39 is 0 Å². The lowest BCUT2D eigenvalue weighted by Gasteiger charge is -2.24. The average Bonchev–Trinajstić information content (AvgIpc) is 2.82. The van der Waals surface area contributed by atoms with Crippen LogP contribution in [0.1, 0.15) is 11.4 Å². The first kappa shape index (κ1) is 22.5. The van der Waals surface area contributed by atoms with Gasteiger partial charge in [-0.1, -0.05) is 24.3 Å². The summed E-state index contributed by atoms with van der Waals surface area (Å²) in [6, 6.07) is 14.1. The standard InChI is InChI=1S/C26H30N6O/c1-31(2)11-12-32(3)24-15-25(33-4)19(13-22(24)27)14-26-29-10-9-23(30-26)21-17-28-16-18-7-5-6-8-20(18)21/h5-10,13,15-17H,11-12,14,27H2,1-4H3. The number of likely N-dealkylation sites (N-methyl/N-ethyl adjacent to an activating group) is 2. The summed E-state index contributed by atoms with van der Waals surface area (Å²) >= 11 is 0. The van der Waals surface area contributed by atoms with E-state index in [4.69, 9.17) is 15.5 Å². The first-order valence-electron chi connectivity index (χ1n) is 10.9. The molecular formula is C26H30N6O. The van der Waals surface area contributed by atoms with E-state index in [1.165, 1.54) is 0 Å². The third-order valence-corrected chi connectivity index (χ3v) is 5.72. The summed E-state index contributed by atoms with van der Waals surface area (Å²) in [6.45, 7) is 1.80. The lowest BCUT2D eigenvalue weighted by atomic mass is 10.0. The molecule has 0 amide bonds. The van der Waals surface area contributed by atoms with Gasteiger partial charge in [0.15, 0.2) is 0 Å². The molecule has 0 aliphatic rings. The minimum Gasteiger partial charge on any atom is -0.496 e. The number of methoxy groups -OCH3 is 1. The van der Waals surface area contributed by atoms with Crippen molar-refractivity contribution in [3.05, 3.63) is 72.4 Å². The molecule has 7 nitrogen and oxygen atoms in total. The Hall–Kier alpha value is -3.71. The van der Waals surface area contributed by atoms with E-state index in [-0.39, 0.29) is 0 Å². The molecule has 0 spiro atoms. The molecule has 0 saturated heterocycles. The largest absolute Gasteiger partial charge is 0.496 e. The Kier molecular flexibility index (Phi) is 6.70. The second-order valence-electron chi connectivity index (χ2n) is 8.39. The maximum atomic E-state index is 6.43. The molecule has 0 atom stereocenters. The number of benzene rings is 2. The molecule has 4 aromatic rings. The Morgan fingerprint density at radius 3 is 2.61 bits per heavy atom. The maximum absolute atomic E-state index is 6.43. The molecule has 0 aliphatic heterocycles. The number of nitrogens with two attached hydrogens (primary N) is 1. The summed E-state index contributed by atoms with van der Waals surface area (Å²) < 4.78 is 5.70. The van der Waals surface area contributed by atoms with E-state index in [1.54, 1.807) is 13.3 Å². The van der Waals surface area contributed by atoms with Crippen LogP contribution < -0.4 is 15.4 Å². The van der Waals surface area contributed by atoms with Gasteiger partial charge in [-0.15, -0.1) is 0 Å². The topological polar surface area (TPSA) is 80.4 Å². The van der Waals surface area contributed by atoms with Crippen LogP contribution in [0.25, 0.3) is 22.0 Å². The van der Waals surface area contributed by atoms with Gasteiger partial charge in [0, 0.05) is 67.7 Å². The van der Waals surface area contributed by atoms with Crippen molar-refractivity contribution in [2.75, 3.05) is 52.0 Å². The fraction of sp³-hybridized carbons (Fsp3) is 0.269. The fourth-order valence-electron chi connectivity index (χ4n) is 3.89. The SMILES string of the molecule is COc1cc(N(C)CCN(C)C)c(N)cc1Cc1nccc(-c2cncc3ccccc23)n1. The molecular weight excluding hydrogens is 412 g/mol. The summed E-state index contributed by atoms with van der Waals surface area (Å²) in [6.07, 6.45) is 6.02. The van der Waals surface area contributed by atoms with Crippen molar-refractivity contribution in [3.63, 3.8) is 0 Å². The molecule has 2 aromatic heterocycles. The van der Waals surface area contributed by atoms with Crippen LogP contribution >= 0.6 is 0 Å². The van der Waals surface area contributed by atoms with Crippen LogP contribution in [0.5, 0.6) is 5.75 Å². The number of fused-ring (bicyclic) bond motifs is 1. The molecule has 2 N–H and O–H groups in total. The Bertz CT molecular complexity index is 1250. The van der Waals surface area contributed by atoms with Crippen molar-refractivity contribution in [1.29, 1.82) is 0 Å². The van der Waals surface area contributed by atoms with Crippen molar-refractivity contribution in [3.8, 4) is 17.0 Å². The van der Waals surface area contributed by atoms with Gasteiger partial charge in [-0.2, -0.15) is 0 Å². The molecule has 7 heteroatoms. The van der Waals surface area contributed by atoms with Crippen LogP contribution in [0.2, 0.25) is 0 Å². The van der Waals surface area contributed by atoms with E-state index >= 15 is 0 Å². The van der Waals surface area contributed by atoms with Gasteiger partial charge in [0.25, 0.3) is 0 Å². The van der Waals surface area contributed by atoms with Crippen LogP contribution in [0.15, 0.2) is 61.1 Å². The predicted molar refractivity (Wildman–Crippen MR) is 135 cm³/mol. The number of aromatic nitrogens is 3. The van der Waals surface area contributed by atoms with Gasteiger partial charge in [0.05, 0.1) is 24.2 Å². The minimum absolute atomic E-state index is 0.515.